The maximum atomic E-state index is 13.0. The van der Waals surface area contributed by atoms with Crippen molar-refractivity contribution in [3.05, 3.63) is 12.2 Å². The minimum atomic E-state index is -2.02. The first-order valence-corrected chi connectivity index (χ1v) is 26.4. The van der Waals surface area contributed by atoms with Crippen LogP contribution < -0.4 is 0 Å². The van der Waals surface area contributed by atoms with Gasteiger partial charge in [-0.3, -0.25) is 0 Å². The Hall–Kier alpha value is -1.83. The van der Waals surface area contributed by atoms with E-state index in [-0.39, 0.29) is 38.0 Å². The predicted octanol–water partition coefficient (Wildman–Crippen LogP) is -8.38. The zero-order valence-corrected chi connectivity index (χ0v) is 41.6. The Morgan fingerprint density at radius 1 is 0.474 bits per heavy atom. The smallest absolute Gasteiger partial charge is 0.330 e. The Labute approximate surface area is 436 Å². The van der Waals surface area contributed by atoms with E-state index in [4.69, 9.17) is 47.4 Å². The van der Waals surface area contributed by atoms with Crippen LogP contribution in [0.2, 0.25) is 0 Å². The number of carbonyl (C=O) groups excluding carboxylic acids is 1. The van der Waals surface area contributed by atoms with Crippen LogP contribution >= 0.6 is 0 Å². The van der Waals surface area contributed by atoms with Crippen molar-refractivity contribution in [1.29, 1.82) is 0 Å². The highest BCUT2D eigenvalue weighted by Gasteiger charge is 2.58. The Morgan fingerprint density at radius 3 is 1.55 bits per heavy atom. The molecule has 9 unspecified atom stereocenters. The van der Waals surface area contributed by atoms with Crippen molar-refractivity contribution in [3.63, 3.8) is 0 Å². The van der Waals surface area contributed by atoms with Gasteiger partial charge in [-0.2, -0.15) is 0 Å². The molecule has 438 valence electrons. The first-order chi connectivity index (χ1) is 36.2. The molecule has 0 spiro atoms. The van der Waals surface area contributed by atoms with Crippen molar-refractivity contribution in [2.24, 2.45) is 17.8 Å². The molecule has 8 rings (SSSR count). The molecule has 0 aromatic carbocycles. The second-order valence-corrected chi connectivity index (χ2v) is 21.7. The highest BCUT2D eigenvalue weighted by atomic mass is 16.8. The second kappa shape index (κ2) is 26.4. The number of esters is 1. The molecular weight excluding hydrogens is 1020 g/mol. The molecule has 3 aliphatic carbocycles. The fourth-order valence-electron chi connectivity index (χ4n) is 12.0. The highest BCUT2D eigenvalue weighted by Crippen LogP contribution is 2.44. The Balaban J connectivity index is 0.941. The van der Waals surface area contributed by atoms with Crippen LogP contribution in [0.3, 0.4) is 0 Å². The molecule has 5 aliphatic heterocycles. The molecule has 18 N–H and O–H groups in total. The van der Waals surface area contributed by atoms with Gasteiger partial charge in [0.25, 0.3) is 0 Å². The predicted molar refractivity (Wildman–Crippen MR) is 246 cm³/mol. The van der Waals surface area contributed by atoms with Gasteiger partial charge in [-0.25, -0.2) is 4.79 Å². The maximum absolute atomic E-state index is 13.0. The number of aliphatic hydroxyl groups excluding tert-OH is 17. The lowest BCUT2D eigenvalue weighted by Crippen LogP contribution is -2.66. The molecular formula is C48H79O28+. The summed E-state index contributed by atoms with van der Waals surface area (Å²) in [6.45, 7) is -2.92. The van der Waals surface area contributed by atoms with Gasteiger partial charge in [0.1, 0.15) is 110 Å². The summed E-state index contributed by atoms with van der Waals surface area (Å²) >= 11 is 0. The summed E-state index contributed by atoms with van der Waals surface area (Å²) < 4.78 is 58.2. The number of rotatable bonds is 16. The minimum Gasteiger partial charge on any atom is -0.460 e. The van der Waals surface area contributed by atoms with Crippen molar-refractivity contribution >= 4 is 5.97 Å². The molecule has 0 aromatic rings. The van der Waals surface area contributed by atoms with Crippen LogP contribution in [0.25, 0.3) is 0 Å². The first-order valence-electron chi connectivity index (χ1n) is 26.4. The molecule has 5 saturated heterocycles. The first kappa shape index (κ1) is 60.3. The van der Waals surface area contributed by atoms with Gasteiger partial charge in [0.15, 0.2) is 37.4 Å². The standard InChI is InChI=1S/C48H78O28/c49-13-27-32(56)36(60)40(64)45(72-27)69-24-11-20(53)10-23-21(24)12-26(43(68-23)18-3-5-19(52)6-4-18)71-48-44(39(63)34(58)29(15-51)74-48)76-47-42(66)38(62)35(59)30(75-47)16-67-31(55)8-2-17-1-7-22(54)25(9-17)70-46-41(65)37(61)33(57)28(14-50)73-46/h2,8,17-30,32-54,56-66H,1,3-7,9-16H2/p+1/t17?,18?,19?,20?,21?,22?,23?,24?,25?,26?,27-,28-,29-,30-,32-,33-,34-,35-,36+,37+,38+,39+,40-,41-,42-,43?,44-,45-,46-,47+,48-/m1/s1. The maximum Gasteiger partial charge on any atom is 0.330 e. The number of hydrogen-bond acceptors (Lipinski definition) is 27. The van der Waals surface area contributed by atoms with Gasteiger partial charge in [-0.05, 0) is 57.3 Å². The largest absolute Gasteiger partial charge is 0.460 e. The molecule has 76 heavy (non-hydrogen) atoms. The lowest BCUT2D eigenvalue weighted by Gasteiger charge is -2.50. The summed E-state index contributed by atoms with van der Waals surface area (Å²) in [5.41, 5.74) is 0. The molecule has 0 aromatic heterocycles. The third-order valence-electron chi connectivity index (χ3n) is 16.6. The molecule has 8 fully saturated rings. The summed E-state index contributed by atoms with van der Waals surface area (Å²) in [7, 11) is 0. The molecule has 5 heterocycles. The second-order valence-electron chi connectivity index (χ2n) is 21.7. The molecule has 0 radical (unpaired) electrons. The number of carbonyl (C=O) groups is 1. The Morgan fingerprint density at radius 2 is 0.974 bits per heavy atom. The van der Waals surface area contributed by atoms with Gasteiger partial charge < -0.3 is 134 Å². The lowest BCUT2D eigenvalue weighted by molar-refractivity contribution is -0.389. The molecule has 8 aliphatic rings. The van der Waals surface area contributed by atoms with E-state index in [0.29, 0.717) is 32.1 Å². The topological polar surface area (TPSA) is 457 Å². The molecule has 28 heteroatoms. The van der Waals surface area contributed by atoms with Gasteiger partial charge in [-0.15, -0.1) is 0 Å². The van der Waals surface area contributed by atoms with Crippen LogP contribution in [0, 0.1) is 17.8 Å². The summed E-state index contributed by atoms with van der Waals surface area (Å²) in [6.07, 6.45) is -34.8. The minimum absolute atomic E-state index is 0.0122. The Kier molecular flexibility index (Phi) is 20.9. The normalized spacial score (nSPS) is 51.5. The van der Waals surface area contributed by atoms with Crippen molar-refractivity contribution in [3.8, 4) is 0 Å². The van der Waals surface area contributed by atoms with E-state index in [1.54, 1.807) is 0 Å². The number of fused-ring (bicyclic) bond motifs is 1. The molecule has 0 bridgehead atoms. The van der Waals surface area contributed by atoms with Gasteiger partial charge in [-0.1, -0.05) is 6.08 Å². The van der Waals surface area contributed by atoms with E-state index in [2.05, 4.69) is 0 Å². The number of allylic oxidation sites excluding steroid dienone is 1. The molecule has 0 amide bonds. The van der Waals surface area contributed by atoms with E-state index < -0.39 is 216 Å². The van der Waals surface area contributed by atoms with Gasteiger partial charge in [0.05, 0.1) is 56.3 Å². The molecule has 28 nitrogen and oxygen atoms in total. The van der Waals surface area contributed by atoms with Gasteiger partial charge in [0, 0.05) is 24.8 Å². The van der Waals surface area contributed by atoms with E-state index >= 15 is 0 Å². The average molecular weight is 1100 g/mol. The number of hydrogen-bond donors (Lipinski definition) is 17. The van der Waals surface area contributed by atoms with Crippen LogP contribution in [0.5, 0.6) is 0 Å². The summed E-state index contributed by atoms with van der Waals surface area (Å²) in [4.78, 5) is 13.0. The quantitative estimate of drug-likeness (QED) is 0.0388. The van der Waals surface area contributed by atoms with Crippen molar-refractivity contribution in [2.45, 2.75) is 236 Å². The number of aliphatic hydroxyl groups is 19. The SMILES string of the molecule is O=C(C=CC1CCC(O)C(O[C@@H]2O[C@H](CO)[C@@H](O)[C@H](O)[C@H]2O)C1)OC[C@H]1O[C@@H](O[C@H]2[C@H](OC3CC4C(O[C@@H]5O[C@H](CO)[C@@H](O)[C@H](O)[C@H]5O)CC(O)CC4[OH+]C3C3CCC(O)CC3)O[C@H](CO)[C@@H](O)[C@@H]2O)[C@H](O)[C@@H](O)[C@@H]1O. The third kappa shape index (κ3) is 13.4. The molecule has 3 saturated carbocycles. The van der Waals surface area contributed by atoms with E-state index in [9.17, 15) is 91.6 Å². The summed E-state index contributed by atoms with van der Waals surface area (Å²) in [6, 6.07) is 0. The Bertz CT molecular complexity index is 1840. The van der Waals surface area contributed by atoms with Crippen LogP contribution in [-0.4, -0.2) is 296 Å². The zero-order valence-electron chi connectivity index (χ0n) is 41.6. The van der Waals surface area contributed by atoms with Crippen molar-refractivity contribution in [2.75, 3.05) is 26.4 Å². The van der Waals surface area contributed by atoms with Crippen LogP contribution in [-0.2, 0) is 47.4 Å². The van der Waals surface area contributed by atoms with Crippen LogP contribution in [0.1, 0.15) is 64.2 Å². The number of ether oxygens (including phenoxy) is 10. The van der Waals surface area contributed by atoms with Crippen molar-refractivity contribution < 1.29 is 139 Å². The zero-order chi connectivity index (χ0) is 54.9. The monoisotopic (exact) mass is 1100 g/mol. The summed E-state index contributed by atoms with van der Waals surface area (Å²) in [5.74, 6) is -2.10. The van der Waals surface area contributed by atoms with E-state index in [0.717, 1.165) is 6.08 Å². The fraction of sp³-hybridized carbons (Fsp3) is 0.938. The van der Waals surface area contributed by atoms with E-state index in [1.165, 1.54) is 6.08 Å². The van der Waals surface area contributed by atoms with E-state index in [1.807, 2.05) is 0 Å². The van der Waals surface area contributed by atoms with Crippen LogP contribution in [0.4, 0.5) is 0 Å². The lowest BCUT2D eigenvalue weighted by atomic mass is 9.73. The van der Waals surface area contributed by atoms with Gasteiger partial charge >= 0.3 is 5.97 Å². The third-order valence-corrected chi connectivity index (χ3v) is 16.6. The van der Waals surface area contributed by atoms with Gasteiger partial charge in [0.2, 0.25) is 0 Å². The van der Waals surface area contributed by atoms with Crippen molar-refractivity contribution in [1.82, 2.24) is 0 Å². The molecule has 29 atom stereocenters. The average Bonchev–Trinajstić information content (AvgIpc) is 3.41. The fourth-order valence-corrected chi connectivity index (χ4v) is 12.0. The van der Waals surface area contributed by atoms with Crippen LogP contribution in [0.15, 0.2) is 12.2 Å². The summed E-state index contributed by atoms with van der Waals surface area (Å²) in [5, 5.41) is 180. The highest BCUT2D eigenvalue weighted by molar-refractivity contribution is 5.81.